The smallest absolute Gasteiger partial charge is 0.216 e. The van der Waals surface area contributed by atoms with Gasteiger partial charge in [-0.1, -0.05) is 46.3 Å². The lowest BCUT2D eigenvalue weighted by molar-refractivity contribution is -0.481. The van der Waals surface area contributed by atoms with Crippen molar-refractivity contribution in [2.24, 2.45) is 0 Å². The average molecular weight is 345 g/mol. The molecule has 0 aliphatic carbocycles. The van der Waals surface area contributed by atoms with Crippen LogP contribution in [0.1, 0.15) is 17.2 Å². The zero-order valence-electron chi connectivity index (χ0n) is 11.1. The summed E-state index contributed by atoms with van der Waals surface area (Å²) in [7, 11) is 0. The molecule has 1 aromatic heterocycles. The molecule has 4 nitrogen and oxygen atoms in total. The number of nitrogens with zero attached hydrogens (tertiary/aromatic N) is 1. The highest BCUT2D eigenvalue weighted by molar-refractivity contribution is 9.10. The topological polar surface area (TPSA) is 58.9 Å². The van der Waals surface area contributed by atoms with Crippen LogP contribution in [0, 0.1) is 10.1 Å². The first-order chi connectivity index (χ1) is 10.1. The number of H-pyrrole nitrogens is 1. The summed E-state index contributed by atoms with van der Waals surface area (Å²) < 4.78 is 0.921. The van der Waals surface area contributed by atoms with Gasteiger partial charge in [-0.3, -0.25) is 10.1 Å². The van der Waals surface area contributed by atoms with Gasteiger partial charge in [-0.25, -0.2) is 0 Å². The molecular weight excluding hydrogens is 332 g/mol. The van der Waals surface area contributed by atoms with E-state index in [0.29, 0.717) is 0 Å². The Bertz CT molecular complexity index is 765. The molecule has 2 aromatic carbocycles. The number of halogens is 1. The van der Waals surface area contributed by atoms with Gasteiger partial charge in [-0.05, 0) is 35.2 Å². The number of aromatic nitrogens is 1. The first kappa shape index (κ1) is 13.8. The van der Waals surface area contributed by atoms with Crippen LogP contribution < -0.4 is 0 Å². The summed E-state index contributed by atoms with van der Waals surface area (Å²) in [5.41, 5.74) is 2.79. The summed E-state index contributed by atoms with van der Waals surface area (Å²) in [6, 6.07) is 17.5. The minimum atomic E-state index is -0.287. The standard InChI is InChI=1S/C16H13BrN2O2/c17-13-6-3-5-11(8-13)14(10-19(20)21)16-9-12-4-1-2-7-15(12)18-16/h1-9,14,18H,10H2/t14-/m1/s1. The third-order valence-corrected chi connectivity index (χ3v) is 4.00. The van der Waals surface area contributed by atoms with Crippen LogP contribution in [0.4, 0.5) is 0 Å². The van der Waals surface area contributed by atoms with E-state index >= 15 is 0 Å². The molecule has 0 bridgehead atoms. The summed E-state index contributed by atoms with van der Waals surface area (Å²) >= 11 is 3.42. The maximum absolute atomic E-state index is 11.0. The zero-order valence-corrected chi connectivity index (χ0v) is 12.7. The predicted molar refractivity (Wildman–Crippen MR) is 86.1 cm³/mol. The van der Waals surface area contributed by atoms with E-state index in [1.165, 1.54) is 0 Å². The van der Waals surface area contributed by atoms with Crippen molar-refractivity contribution in [1.82, 2.24) is 4.98 Å². The molecule has 0 aliphatic rings. The Morgan fingerprint density at radius 2 is 1.95 bits per heavy atom. The van der Waals surface area contributed by atoms with Crippen LogP contribution in [0.5, 0.6) is 0 Å². The predicted octanol–water partition coefficient (Wildman–Crippen LogP) is 4.34. The number of nitrogens with one attached hydrogen (secondary N) is 1. The number of hydrogen-bond acceptors (Lipinski definition) is 2. The van der Waals surface area contributed by atoms with Crippen molar-refractivity contribution in [3.8, 4) is 0 Å². The van der Waals surface area contributed by atoms with E-state index in [1.807, 2.05) is 54.6 Å². The lowest BCUT2D eigenvalue weighted by Crippen LogP contribution is -2.14. The van der Waals surface area contributed by atoms with E-state index in [9.17, 15) is 10.1 Å². The number of hydrogen-bond donors (Lipinski definition) is 1. The molecule has 3 aromatic rings. The van der Waals surface area contributed by atoms with Crippen LogP contribution in [0.15, 0.2) is 59.1 Å². The van der Waals surface area contributed by atoms with Gasteiger partial charge < -0.3 is 4.98 Å². The second-order valence-electron chi connectivity index (χ2n) is 4.93. The molecule has 106 valence electrons. The van der Waals surface area contributed by atoms with Gasteiger partial charge in [-0.15, -0.1) is 0 Å². The van der Waals surface area contributed by atoms with E-state index in [-0.39, 0.29) is 17.4 Å². The molecule has 5 heteroatoms. The van der Waals surface area contributed by atoms with Gasteiger partial charge in [0.05, 0.1) is 5.92 Å². The van der Waals surface area contributed by atoms with Crippen LogP contribution in [0.25, 0.3) is 10.9 Å². The van der Waals surface area contributed by atoms with Crippen molar-refractivity contribution in [3.05, 3.63) is 80.4 Å². The van der Waals surface area contributed by atoms with Gasteiger partial charge in [0, 0.05) is 20.6 Å². The van der Waals surface area contributed by atoms with Gasteiger partial charge in [0.15, 0.2) is 0 Å². The molecule has 0 spiro atoms. The van der Waals surface area contributed by atoms with E-state index in [4.69, 9.17) is 0 Å². The van der Waals surface area contributed by atoms with Crippen LogP contribution in [-0.2, 0) is 0 Å². The van der Waals surface area contributed by atoms with Crippen LogP contribution in [0.3, 0.4) is 0 Å². The van der Waals surface area contributed by atoms with E-state index < -0.39 is 0 Å². The van der Waals surface area contributed by atoms with Crippen molar-refractivity contribution in [1.29, 1.82) is 0 Å². The van der Waals surface area contributed by atoms with Gasteiger partial charge in [-0.2, -0.15) is 0 Å². The molecule has 21 heavy (non-hydrogen) atoms. The maximum atomic E-state index is 11.0. The number of rotatable bonds is 4. The zero-order chi connectivity index (χ0) is 14.8. The molecular formula is C16H13BrN2O2. The van der Waals surface area contributed by atoms with Crippen molar-refractivity contribution >= 4 is 26.8 Å². The monoisotopic (exact) mass is 344 g/mol. The van der Waals surface area contributed by atoms with Crippen LogP contribution >= 0.6 is 15.9 Å². The molecule has 0 unspecified atom stereocenters. The minimum Gasteiger partial charge on any atom is -0.358 e. The Morgan fingerprint density at radius 3 is 2.67 bits per heavy atom. The highest BCUT2D eigenvalue weighted by Gasteiger charge is 2.22. The number of aromatic amines is 1. The third-order valence-electron chi connectivity index (χ3n) is 3.51. The second-order valence-corrected chi connectivity index (χ2v) is 5.85. The summed E-state index contributed by atoms with van der Waals surface area (Å²) in [6.45, 7) is -0.136. The van der Waals surface area contributed by atoms with Gasteiger partial charge in [0.1, 0.15) is 0 Å². The van der Waals surface area contributed by atoms with Crippen molar-refractivity contribution in [2.45, 2.75) is 5.92 Å². The fourth-order valence-electron chi connectivity index (χ4n) is 2.54. The normalized spacial score (nSPS) is 12.4. The van der Waals surface area contributed by atoms with E-state index in [0.717, 1.165) is 26.6 Å². The average Bonchev–Trinajstić information content (AvgIpc) is 2.88. The largest absolute Gasteiger partial charge is 0.358 e. The molecule has 0 aliphatic heterocycles. The Morgan fingerprint density at radius 1 is 1.14 bits per heavy atom. The summed E-state index contributed by atoms with van der Waals surface area (Å²) in [4.78, 5) is 14.1. The number of benzene rings is 2. The van der Waals surface area contributed by atoms with E-state index in [1.54, 1.807) is 0 Å². The first-order valence-corrected chi connectivity index (χ1v) is 7.38. The van der Waals surface area contributed by atoms with Crippen LogP contribution in [0.2, 0.25) is 0 Å². The van der Waals surface area contributed by atoms with Crippen molar-refractivity contribution in [3.63, 3.8) is 0 Å². The number of fused-ring (bicyclic) bond motifs is 1. The van der Waals surface area contributed by atoms with E-state index in [2.05, 4.69) is 20.9 Å². The molecule has 0 saturated carbocycles. The quantitative estimate of drug-likeness (QED) is 0.565. The summed E-state index contributed by atoms with van der Waals surface area (Å²) in [6.07, 6.45) is 0. The van der Waals surface area contributed by atoms with Crippen LogP contribution in [-0.4, -0.2) is 16.5 Å². The fourth-order valence-corrected chi connectivity index (χ4v) is 2.96. The SMILES string of the molecule is O=[N+]([O-])C[C@H](c1cccc(Br)c1)c1cc2ccccc2[nH]1. The van der Waals surface area contributed by atoms with Crippen molar-refractivity contribution < 1.29 is 4.92 Å². The highest BCUT2D eigenvalue weighted by Crippen LogP contribution is 2.29. The second kappa shape index (κ2) is 5.69. The van der Waals surface area contributed by atoms with Crippen molar-refractivity contribution in [2.75, 3.05) is 6.54 Å². The molecule has 0 amide bonds. The molecule has 1 heterocycles. The minimum absolute atomic E-state index is 0.136. The summed E-state index contributed by atoms with van der Waals surface area (Å²) in [5.74, 6) is -0.287. The Balaban J connectivity index is 2.08. The lowest BCUT2D eigenvalue weighted by atomic mass is 9.96. The lowest BCUT2D eigenvalue weighted by Gasteiger charge is -2.12. The molecule has 0 radical (unpaired) electrons. The maximum Gasteiger partial charge on any atom is 0.216 e. The first-order valence-electron chi connectivity index (χ1n) is 6.58. The molecule has 0 fully saturated rings. The highest BCUT2D eigenvalue weighted by atomic mass is 79.9. The van der Waals surface area contributed by atoms with Gasteiger partial charge in [0.25, 0.3) is 0 Å². The molecule has 0 saturated heterocycles. The fraction of sp³-hybridized carbons (Fsp3) is 0.125. The van der Waals surface area contributed by atoms with Gasteiger partial charge >= 0.3 is 0 Å². The molecule has 1 atom stereocenters. The Hall–Kier alpha value is -2.14. The molecule has 1 N–H and O–H groups in total. The molecule has 3 rings (SSSR count). The third kappa shape index (κ3) is 2.97. The number of nitro groups is 1. The summed E-state index contributed by atoms with van der Waals surface area (Å²) in [5, 5.41) is 12.1. The number of para-hydroxylation sites is 1. The van der Waals surface area contributed by atoms with Gasteiger partial charge in [0.2, 0.25) is 6.54 Å². The Labute approximate surface area is 130 Å². The Kier molecular flexibility index (Phi) is 3.75.